The molecule has 0 bridgehead atoms. The number of hydrogen-bond donors (Lipinski definition) is 2. The van der Waals surface area contributed by atoms with Crippen molar-refractivity contribution in [3.63, 3.8) is 0 Å². The SMILES string of the molecule is COC(=O)c1ccc(C(=O)NNc2nc3c(C)cccc3s2)cc1. The Morgan fingerprint density at radius 1 is 1.08 bits per heavy atom. The Balaban J connectivity index is 1.68. The highest BCUT2D eigenvalue weighted by molar-refractivity contribution is 7.22. The molecule has 3 rings (SSSR count). The van der Waals surface area contributed by atoms with Crippen LogP contribution in [0.4, 0.5) is 5.13 Å². The fraction of sp³-hybridized carbons (Fsp3) is 0.118. The normalized spacial score (nSPS) is 10.4. The molecule has 0 spiro atoms. The Labute approximate surface area is 142 Å². The van der Waals surface area contributed by atoms with Crippen molar-refractivity contribution >= 4 is 38.6 Å². The summed E-state index contributed by atoms with van der Waals surface area (Å²) >= 11 is 1.46. The van der Waals surface area contributed by atoms with E-state index in [2.05, 4.69) is 20.6 Å². The first-order valence-corrected chi connectivity index (χ1v) is 8.01. The van der Waals surface area contributed by atoms with E-state index in [-0.39, 0.29) is 5.91 Å². The van der Waals surface area contributed by atoms with Gasteiger partial charge in [0.15, 0.2) is 0 Å². The van der Waals surface area contributed by atoms with E-state index in [1.807, 2.05) is 25.1 Å². The highest BCUT2D eigenvalue weighted by Gasteiger charge is 2.10. The number of hydrogen-bond acceptors (Lipinski definition) is 6. The monoisotopic (exact) mass is 341 g/mol. The number of methoxy groups -OCH3 is 1. The van der Waals surface area contributed by atoms with Gasteiger partial charge in [-0.25, -0.2) is 9.78 Å². The number of esters is 1. The number of aryl methyl sites for hydroxylation is 1. The molecule has 0 aliphatic carbocycles. The number of nitrogens with zero attached hydrogens (tertiary/aromatic N) is 1. The lowest BCUT2D eigenvalue weighted by atomic mass is 10.1. The number of para-hydroxylation sites is 1. The quantitative estimate of drug-likeness (QED) is 0.563. The fourth-order valence-corrected chi connectivity index (χ4v) is 3.09. The molecule has 1 aromatic heterocycles. The molecule has 0 radical (unpaired) electrons. The molecule has 0 aliphatic rings. The molecule has 0 unspecified atom stereocenters. The summed E-state index contributed by atoms with van der Waals surface area (Å²) in [6.45, 7) is 1.99. The van der Waals surface area contributed by atoms with Gasteiger partial charge in [-0.05, 0) is 42.8 Å². The Bertz CT molecular complexity index is 903. The molecule has 2 N–H and O–H groups in total. The lowest BCUT2D eigenvalue weighted by Crippen LogP contribution is -2.29. The average molecular weight is 341 g/mol. The number of aromatic nitrogens is 1. The van der Waals surface area contributed by atoms with Crippen LogP contribution in [0.15, 0.2) is 42.5 Å². The predicted octanol–water partition coefficient (Wildman–Crippen LogP) is 3.15. The highest BCUT2D eigenvalue weighted by atomic mass is 32.1. The van der Waals surface area contributed by atoms with Crippen LogP contribution in [0.25, 0.3) is 10.2 Å². The number of thiazole rings is 1. The zero-order valence-corrected chi connectivity index (χ0v) is 13.9. The summed E-state index contributed by atoms with van der Waals surface area (Å²) in [7, 11) is 1.31. The van der Waals surface area contributed by atoms with Crippen LogP contribution in [0, 0.1) is 6.92 Å². The van der Waals surface area contributed by atoms with Crippen LogP contribution >= 0.6 is 11.3 Å². The van der Waals surface area contributed by atoms with Crippen LogP contribution in [0.1, 0.15) is 26.3 Å². The first-order chi connectivity index (χ1) is 11.6. The van der Waals surface area contributed by atoms with Crippen molar-refractivity contribution in [1.29, 1.82) is 0 Å². The Hall–Kier alpha value is -2.93. The lowest BCUT2D eigenvalue weighted by Gasteiger charge is -2.06. The van der Waals surface area contributed by atoms with E-state index in [9.17, 15) is 9.59 Å². The minimum atomic E-state index is -0.440. The minimum absolute atomic E-state index is 0.317. The van der Waals surface area contributed by atoms with Crippen molar-refractivity contribution in [3.05, 3.63) is 59.2 Å². The van der Waals surface area contributed by atoms with Gasteiger partial charge in [0.2, 0.25) is 5.13 Å². The third kappa shape index (κ3) is 3.21. The number of amides is 1. The summed E-state index contributed by atoms with van der Waals surface area (Å²) in [5.74, 6) is -0.757. The van der Waals surface area contributed by atoms with Gasteiger partial charge >= 0.3 is 5.97 Å². The largest absolute Gasteiger partial charge is 0.465 e. The molecule has 122 valence electrons. The molecule has 1 heterocycles. The van der Waals surface area contributed by atoms with Gasteiger partial charge in [0, 0.05) is 5.56 Å². The molecular formula is C17H15N3O3S. The molecule has 7 heteroatoms. The summed E-state index contributed by atoms with van der Waals surface area (Å²) < 4.78 is 5.67. The van der Waals surface area contributed by atoms with Gasteiger partial charge in [0.25, 0.3) is 5.91 Å². The molecule has 24 heavy (non-hydrogen) atoms. The summed E-state index contributed by atoms with van der Waals surface area (Å²) in [6, 6.07) is 12.2. The maximum absolute atomic E-state index is 12.1. The molecular weight excluding hydrogens is 326 g/mol. The maximum atomic E-state index is 12.1. The molecule has 0 saturated heterocycles. The van der Waals surface area contributed by atoms with E-state index in [1.54, 1.807) is 24.3 Å². The lowest BCUT2D eigenvalue weighted by molar-refractivity contribution is 0.0600. The third-order valence-corrected chi connectivity index (χ3v) is 4.41. The van der Waals surface area contributed by atoms with Crippen LogP contribution in [-0.2, 0) is 4.74 Å². The zero-order chi connectivity index (χ0) is 17.1. The number of benzene rings is 2. The van der Waals surface area contributed by atoms with Crippen molar-refractivity contribution < 1.29 is 14.3 Å². The number of carbonyl (C=O) groups excluding carboxylic acids is 2. The van der Waals surface area contributed by atoms with Gasteiger partial charge in [-0.2, -0.15) is 0 Å². The van der Waals surface area contributed by atoms with E-state index in [0.717, 1.165) is 15.8 Å². The smallest absolute Gasteiger partial charge is 0.337 e. The van der Waals surface area contributed by atoms with E-state index in [1.165, 1.54) is 18.4 Å². The number of nitrogens with one attached hydrogen (secondary N) is 2. The van der Waals surface area contributed by atoms with Gasteiger partial charge < -0.3 is 4.74 Å². The van der Waals surface area contributed by atoms with Crippen LogP contribution in [-0.4, -0.2) is 24.0 Å². The summed E-state index contributed by atoms with van der Waals surface area (Å²) in [5.41, 5.74) is 8.24. The van der Waals surface area contributed by atoms with Crippen molar-refractivity contribution in [2.45, 2.75) is 6.92 Å². The number of ether oxygens (including phenoxy) is 1. The van der Waals surface area contributed by atoms with E-state index in [0.29, 0.717) is 16.3 Å². The fourth-order valence-electron chi connectivity index (χ4n) is 2.20. The Morgan fingerprint density at radius 3 is 2.46 bits per heavy atom. The summed E-state index contributed by atoms with van der Waals surface area (Å²) in [4.78, 5) is 28.0. The van der Waals surface area contributed by atoms with Crippen LogP contribution in [0.5, 0.6) is 0 Å². The average Bonchev–Trinajstić information content (AvgIpc) is 3.03. The molecule has 0 fully saturated rings. The number of fused-ring (bicyclic) bond motifs is 1. The summed E-state index contributed by atoms with van der Waals surface area (Å²) in [5, 5.41) is 0.610. The molecule has 0 atom stereocenters. The second-order valence-corrected chi connectivity index (χ2v) is 6.12. The Kier molecular flexibility index (Phi) is 4.43. The van der Waals surface area contributed by atoms with Crippen LogP contribution < -0.4 is 10.9 Å². The molecule has 6 nitrogen and oxygen atoms in total. The number of anilines is 1. The predicted molar refractivity (Wildman–Crippen MR) is 93.2 cm³/mol. The van der Waals surface area contributed by atoms with Crippen LogP contribution in [0.2, 0.25) is 0 Å². The maximum Gasteiger partial charge on any atom is 0.337 e. The molecule has 1 amide bonds. The van der Waals surface area contributed by atoms with Gasteiger partial charge in [0.05, 0.1) is 22.9 Å². The van der Waals surface area contributed by atoms with Gasteiger partial charge in [-0.3, -0.25) is 15.6 Å². The number of hydrazine groups is 1. The van der Waals surface area contributed by atoms with E-state index < -0.39 is 5.97 Å². The van der Waals surface area contributed by atoms with Crippen molar-refractivity contribution in [2.24, 2.45) is 0 Å². The Morgan fingerprint density at radius 2 is 1.79 bits per heavy atom. The molecule has 2 aromatic carbocycles. The van der Waals surface area contributed by atoms with E-state index >= 15 is 0 Å². The molecule has 0 aliphatic heterocycles. The third-order valence-electron chi connectivity index (χ3n) is 3.47. The first-order valence-electron chi connectivity index (χ1n) is 7.19. The highest BCUT2D eigenvalue weighted by Crippen LogP contribution is 2.27. The van der Waals surface area contributed by atoms with Gasteiger partial charge in [-0.1, -0.05) is 23.5 Å². The first kappa shape index (κ1) is 15.9. The second-order valence-electron chi connectivity index (χ2n) is 5.09. The molecule has 3 aromatic rings. The second kappa shape index (κ2) is 6.67. The number of rotatable bonds is 4. The molecule has 0 saturated carbocycles. The van der Waals surface area contributed by atoms with Gasteiger partial charge in [0.1, 0.15) is 0 Å². The van der Waals surface area contributed by atoms with Crippen LogP contribution in [0.3, 0.4) is 0 Å². The zero-order valence-electron chi connectivity index (χ0n) is 13.1. The van der Waals surface area contributed by atoms with Gasteiger partial charge in [-0.15, -0.1) is 0 Å². The topological polar surface area (TPSA) is 80.3 Å². The van der Waals surface area contributed by atoms with Crippen molar-refractivity contribution in [3.8, 4) is 0 Å². The van der Waals surface area contributed by atoms with Crippen molar-refractivity contribution in [2.75, 3.05) is 12.5 Å². The van der Waals surface area contributed by atoms with Crippen molar-refractivity contribution in [1.82, 2.24) is 10.4 Å². The van der Waals surface area contributed by atoms with E-state index in [4.69, 9.17) is 0 Å². The minimum Gasteiger partial charge on any atom is -0.465 e. The summed E-state index contributed by atoms with van der Waals surface area (Å²) in [6.07, 6.45) is 0. The standard InChI is InChI=1S/C17H15N3O3S/c1-10-4-3-5-13-14(10)18-17(24-13)20-19-15(21)11-6-8-12(9-7-11)16(22)23-2/h3-9H,1-2H3,(H,18,20)(H,19,21). The number of carbonyl (C=O) groups is 2.